The highest BCUT2D eigenvalue weighted by Gasteiger charge is 2.39. The van der Waals surface area contributed by atoms with Gasteiger partial charge in [-0.05, 0) is 20.8 Å². The van der Waals surface area contributed by atoms with E-state index in [9.17, 15) is 15.3 Å². The Labute approximate surface area is 83.3 Å². The summed E-state index contributed by atoms with van der Waals surface area (Å²) in [6.45, 7) is 5.43. The van der Waals surface area contributed by atoms with E-state index < -0.39 is 30.2 Å². The van der Waals surface area contributed by atoms with Crippen molar-refractivity contribution >= 4 is 0 Å². The number of aliphatic hydroxyl groups is 3. The molecule has 84 valence electrons. The van der Waals surface area contributed by atoms with Gasteiger partial charge >= 0.3 is 0 Å². The quantitative estimate of drug-likeness (QED) is 0.525. The van der Waals surface area contributed by atoms with Crippen molar-refractivity contribution in [3.05, 3.63) is 0 Å². The van der Waals surface area contributed by atoms with Crippen LogP contribution < -0.4 is 0 Å². The Hall–Kier alpha value is -0.200. The molecule has 0 radical (unpaired) electrons. The number of aliphatic hydroxyl groups excluding tert-OH is 3. The fourth-order valence-electron chi connectivity index (χ4n) is 1.23. The van der Waals surface area contributed by atoms with Gasteiger partial charge in [-0.25, -0.2) is 0 Å². The Balaban J connectivity index is 2.55. The number of hydrogen-bond donors (Lipinski definition) is 3. The molecule has 0 aromatic heterocycles. The van der Waals surface area contributed by atoms with Crippen LogP contribution >= 0.6 is 0 Å². The van der Waals surface area contributed by atoms with Gasteiger partial charge in [0.1, 0.15) is 18.3 Å². The summed E-state index contributed by atoms with van der Waals surface area (Å²) < 4.78 is 10.4. The van der Waals surface area contributed by atoms with E-state index >= 15 is 0 Å². The fraction of sp³-hybridized carbons (Fsp3) is 1.00. The smallest absolute Gasteiger partial charge is 0.186 e. The van der Waals surface area contributed by atoms with Crippen molar-refractivity contribution in [1.82, 2.24) is 0 Å². The summed E-state index contributed by atoms with van der Waals surface area (Å²) in [4.78, 5) is 0. The van der Waals surface area contributed by atoms with Gasteiger partial charge in [-0.15, -0.1) is 0 Å². The molecule has 0 saturated carbocycles. The van der Waals surface area contributed by atoms with Gasteiger partial charge in [-0.3, -0.25) is 0 Å². The maximum Gasteiger partial charge on any atom is 0.186 e. The molecule has 1 rings (SSSR count). The van der Waals surface area contributed by atoms with Gasteiger partial charge in [0.05, 0.1) is 12.2 Å². The van der Waals surface area contributed by atoms with Crippen LogP contribution in [0.3, 0.4) is 0 Å². The molecule has 1 saturated heterocycles. The van der Waals surface area contributed by atoms with Crippen molar-refractivity contribution in [1.29, 1.82) is 0 Å². The molecule has 0 aliphatic carbocycles. The summed E-state index contributed by atoms with van der Waals surface area (Å²) in [5.41, 5.74) is -0.465. The van der Waals surface area contributed by atoms with Crippen LogP contribution in [0.5, 0.6) is 0 Å². The van der Waals surface area contributed by atoms with Gasteiger partial charge in [0, 0.05) is 0 Å². The topological polar surface area (TPSA) is 79.2 Å². The molecule has 3 N–H and O–H groups in total. The maximum atomic E-state index is 9.51. The average Bonchev–Trinajstić information content (AvgIpc) is 2.04. The summed E-state index contributed by atoms with van der Waals surface area (Å²) in [7, 11) is 0. The summed E-state index contributed by atoms with van der Waals surface area (Å²) in [6.07, 6.45) is -4.35. The van der Waals surface area contributed by atoms with Crippen LogP contribution in [-0.4, -0.2) is 52.1 Å². The van der Waals surface area contributed by atoms with E-state index in [1.807, 2.05) is 20.8 Å². The molecular weight excluding hydrogens is 188 g/mol. The largest absolute Gasteiger partial charge is 0.388 e. The van der Waals surface area contributed by atoms with Crippen LogP contribution in [0.25, 0.3) is 0 Å². The minimum atomic E-state index is -1.21. The second-order valence-electron chi connectivity index (χ2n) is 4.48. The molecule has 1 aliphatic rings. The van der Waals surface area contributed by atoms with Crippen LogP contribution in [0, 0.1) is 0 Å². The van der Waals surface area contributed by atoms with E-state index in [0.717, 1.165) is 0 Å². The SMILES string of the molecule is CC(C)(C)O[C@H]1OC[C@H](O)[C@H](O)C1O. The highest BCUT2D eigenvalue weighted by Crippen LogP contribution is 2.21. The molecule has 1 heterocycles. The minimum absolute atomic E-state index is 0.0288. The number of ether oxygens (including phenoxy) is 2. The van der Waals surface area contributed by atoms with Crippen molar-refractivity contribution in [3.8, 4) is 0 Å². The molecule has 14 heavy (non-hydrogen) atoms. The number of hydrogen-bond acceptors (Lipinski definition) is 5. The van der Waals surface area contributed by atoms with Gasteiger partial charge in [-0.2, -0.15) is 0 Å². The van der Waals surface area contributed by atoms with Gasteiger partial charge in [-0.1, -0.05) is 0 Å². The van der Waals surface area contributed by atoms with Crippen LogP contribution in [0.2, 0.25) is 0 Å². The Kier molecular flexibility index (Phi) is 3.49. The first kappa shape index (κ1) is 11.9. The Morgan fingerprint density at radius 3 is 2.21 bits per heavy atom. The standard InChI is InChI=1S/C9H18O5/c1-9(2,3)14-8-7(12)6(11)5(10)4-13-8/h5-8,10-12H,4H2,1-3H3/t5-,6-,7?,8+/m0/s1. The Bertz CT molecular complexity index is 188. The minimum Gasteiger partial charge on any atom is -0.388 e. The lowest BCUT2D eigenvalue weighted by Gasteiger charge is -2.38. The van der Waals surface area contributed by atoms with Crippen LogP contribution in [0.4, 0.5) is 0 Å². The molecule has 5 nitrogen and oxygen atoms in total. The van der Waals surface area contributed by atoms with Crippen molar-refractivity contribution in [2.24, 2.45) is 0 Å². The predicted octanol–water partition coefficient (Wildman–Crippen LogP) is -0.760. The lowest BCUT2D eigenvalue weighted by molar-refractivity contribution is -0.294. The molecule has 4 atom stereocenters. The van der Waals surface area contributed by atoms with Gasteiger partial charge in [0.2, 0.25) is 0 Å². The highest BCUT2D eigenvalue weighted by atomic mass is 16.7. The molecule has 0 spiro atoms. The molecule has 1 aliphatic heterocycles. The van der Waals surface area contributed by atoms with E-state index in [1.54, 1.807) is 0 Å². The fourth-order valence-corrected chi connectivity index (χ4v) is 1.23. The zero-order valence-electron chi connectivity index (χ0n) is 8.67. The Morgan fingerprint density at radius 1 is 1.14 bits per heavy atom. The average molecular weight is 206 g/mol. The summed E-state index contributed by atoms with van der Waals surface area (Å²) >= 11 is 0. The highest BCUT2D eigenvalue weighted by molar-refractivity contribution is 4.83. The second kappa shape index (κ2) is 4.12. The lowest BCUT2D eigenvalue weighted by Crippen LogP contribution is -2.55. The zero-order chi connectivity index (χ0) is 10.9. The molecule has 1 unspecified atom stereocenters. The molecule has 0 aromatic rings. The monoisotopic (exact) mass is 206 g/mol. The Morgan fingerprint density at radius 2 is 1.71 bits per heavy atom. The van der Waals surface area contributed by atoms with Gasteiger partial charge < -0.3 is 24.8 Å². The number of rotatable bonds is 1. The first-order valence-corrected chi connectivity index (χ1v) is 4.65. The third-order valence-electron chi connectivity index (χ3n) is 1.92. The molecular formula is C9H18O5. The molecule has 0 amide bonds. The van der Waals surface area contributed by atoms with E-state index in [2.05, 4.69) is 0 Å². The summed E-state index contributed by atoms with van der Waals surface area (Å²) in [6, 6.07) is 0. The summed E-state index contributed by atoms with van der Waals surface area (Å²) in [5.74, 6) is 0. The first-order chi connectivity index (χ1) is 6.31. The predicted molar refractivity (Wildman–Crippen MR) is 48.6 cm³/mol. The summed E-state index contributed by atoms with van der Waals surface area (Å²) in [5, 5.41) is 28.0. The van der Waals surface area contributed by atoms with E-state index in [-0.39, 0.29) is 6.61 Å². The van der Waals surface area contributed by atoms with E-state index in [1.165, 1.54) is 0 Å². The van der Waals surface area contributed by atoms with Crippen LogP contribution in [-0.2, 0) is 9.47 Å². The molecule has 5 heteroatoms. The second-order valence-corrected chi connectivity index (χ2v) is 4.48. The molecule has 0 aromatic carbocycles. The zero-order valence-corrected chi connectivity index (χ0v) is 8.67. The molecule has 0 bridgehead atoms. The maximum absolute atomic E-state index is 9.51. The van der Waals surface area contributed by atoms with Gasteiger partial charge in [0.25, 0.3) is 0 Å². The third-order valence-corrected chi connectivity index (χ3v) is 1.92. The van der Waals surface area contributed by atoms with Crippen molar-refractivity contribution in [2.75, 3.05) is 6.61 Å². The molecule has 1 fully saturated rings. The van der Waals surface area contributed by atoms with Crippen molar-refractivity contribution < 1.29 is 24.8 Å². The van der Waals surface area contributed by atoms with E-state index in [4.69, 9.17) is 9.47 Å². The third kappa shape index (κ3) is 2.90. The lowest BCUT2D eigenvalue weighted by atomic mass is 10.1. The van der Waals surface area contributed by atoms with E-state index in [0.29, 0.717) is 0 Å². The normalized spacial score (nSPS) is 39.9. The first-order valence-electron chi connectivity index (χ1n) is 4.65. The van der Waals surface area contributed by atoms with Gasteiger partial charge in [0.15, 0.2) is 6.29 Å². The van der Waals surface area contributed by atoms with Crippen LogP contribution in [0.1, 0.15) is 20.8 Å². The van der Waals surface area contributed by atoms with Crippen LogP contribution in [0.15, 0.2) is 0 Å². The van der Waals surface area contributed by atoms with Crippen molar-refractivity contribution in [3.63, 3.8) is 0 Å². The van der Waals surface area contributed by atoms with Crippen molar-refractivity contribution in [2.45, 2.75) is 51.0 Å².